The van der Waals surface area contributed by atoms with Crippen molar-refractivity contribution in [3.05, 3.63) is 54.2 Å². The van der Waals surface area contributed by atoms with E-state index in [2.05, 4.69) is 4.98 Å². The van der Waals surface area contributed by atoms with Gasteiger partial charge >= 0.3 is 5.97 Å². The molecule has 0 spiro atoms. The fourth-order valence-electron chi connectivity index (χ4n) is 2.91. The van der Waals surface area contributed by atoms with Crippen molar-refractivity contribution >= 4 is 17.7 Å². The van der Waals surface area contributed by atoms with Crippen molar-refractivity contribution < 1.29 is 19.4 Å². The number of aromatic nitrogens is 1. The van der Waals surface area contributed by atoms with Crippen LogP contribution in [0.5, 0.6) is 5.75 Å². The zero-order chi connectivity index (χ0) is 18.4. The van der Waals surface area contributed by atoms with Gasteiger partial charge in [-0.1, -0.05) is 18.2 Å². The number of para-hydroxylation sites is 1. The lowest BCUT2D eigenvalue weighted by molar-refractivity contribution is -0.132. The zero-order valence-corrected chi connectivity index (χ0v) is 14.4. The lowest BCUT2D eigenvalue weighted by atomic mass is 10.2. The highest BCUT2D eigenvalue weighted by atomic mass is 16.5. The van der Waals surface area contributed by atoms with E-state index in [0.29, 0.717) is 45.0 Å². The molecular formula is C19H21N3O4. The third-order valence-electron chi connectivity index (χ3n) is 4.28. The van der Waals surface area contributed by atoms with E-state index in [-0.39, 0.29) is 11.5 Å². The molecule has 1 fully saturated rings. The van der Waals surface area contributed by atoms with Crippen molar-refractivity contribution in [2.75, 3.05) is 37.7 Å². The number of carbonyl (C=O) groups excluding carboxylic acids is 1. The summed E-state index contributed by atoms with van der Waals surface area (Å²) < 4.78 is 5.57. The average Bonchev–Trinajstić information content (AvgIpc) is 2.69. The summed E-state index contributed by atoms with van der Waals surface area (Å²) >= 11 is 0. The third-order valence-corrected chi connectivity index (χ3v) is 4.28. The largest absolute Gasteiger partial charge is 0.493 e. The summed E-state index contributed by atoms with van der Waals surface area (Å²) in [4.78, 5) is 31.5. The standard InChI is InChI=1S/C19H21N3O4/c23-17(8-14-26-15-5-2-1-3-6-15)21-10-12-22(13-11-21)18-16(19(24)25)7-4-9-20-18/h1-7,9H,8,10-14H2,(H,24,25). The van der Waals surface area contributed by atoms with Crippen LogP contribution in [-0.4, -0.2) is 59.7 Å². The minimum absolute atomic E-state index is 0.0417. The molecule has 136 valence electrons. The van der Waals surface area contributed by atoms with Crippen LogP contribution in [-0.2, 0) is 4.79 Å². The first-order valence-electron chi connectivity index (χ1n) is 8.54. The third kappa shape index (κ3) is 4.30. The number of benzene rings is 1. The molecule has 0 unspecified atom stereocenters. The monoisotopic (exact) mass is 355 g/mol. The highest BCUT2D eigenvalue weighted by molar-refractivity contribution is 5.93. The minimum atomic E-state index is -0.996. The van der Waals surface area contributed by atoms with Gasteiger partial charge in [0.25, 0.3) is 0 Å². The molecule has 1 amide bonds. The molecule has 2 heterocycles. The lowest BCUT2D eigenvalue weighted by Gasteiger charge is -2.35. The molecule has 0 atom stereocenters. The van der Waals surface area contributed by atoms with Gasteiger partial charge in [-0.05, 0) is 24.3 Å². The Balaban J connectivity index is 1.49. The molecule has 0 aliphatic carbocycles. The molecule has 1 aliphatic heterocycles. The predicted molar refractivity (Wildman–Crippen MR) is 96.5 cm³/mol. The predicted octanol–water partition coefficient (Wildman–Crippen LogP) is 1.90. The number of carboxylic acids is 1. The molecule has 2 aromatic rings. The normalized spacial score (nSPS) is 14.2. The number of aromatic carboxylic acids is 1. The molecule has 1 saturated heterocycles. The van der Waals surface area contributed by atoms with Crippen molar-refractivity contribution in [3.63, 3.8) is 0 Å². The lowest BCUT2D eigenvalue weighted by Crippen LogP contribution is -2.49. The molecule has 7 nitrogen and oxygen atoms in total. The van der Waals surface area contributed by atoms with Crippen molar-refractivity contribution in [2.45, 2.75) is 6.42 Å². The second-order valence-corrected chi connectivity index (χ2v) is 5.96. The summed E-state index contributed by atoms with van der Waals surface area (Å²) in [5, 5.41) is 9.28. The smallest absolute Gasteiger partial charge is 0.339 e. The number of carboxylic acid groups (broad SMARTS) is 1. The summed E-state index contributed by atoms with van der Waals surface area (Å²) in [6.07, 6.45) is 1.90. The van der Waals surface area contributed by atoms with Crippen LogP contribution in [0.1, 0.15) is 16.8 Å². The van der Waals surface area contributed by atoms with Gasteiger partial charge in [0.1, 0.15) is 17.1 Å². The van der Waals surface area contributed by atoms with Gasteiger partial charge in [0.15, 0.2) is 0 Å². The SMILES string of the molecule is O=C(O)c1cccnc1N1CCN(C(=O)CCOc2ccccc2)CC1. The van der Waals surface area contributed by atoms with Crippen LogP contribution in [0.4, 0.5) is 5.82 Å². The van der Waals surface area contributed by atoms with Crippen molar-refractivity contribution in [3.8, 4) is 5.75 Å². The van der Waals surface area contributed by atoms with Crippen LogP contribution >= 0.6 is 0 Å². The molecule has 0 radical (unpaired) electrons. The van der Waals surface area contributed by atoms with E-state index in [9.17, 15) is 14.7 Å². The van der Waals surface area contributed by atoms with Crippen molar-refractivity contribution in [1.82, 2.24) is 9.88 Å². The summed E-state index contributed by atoms with van der Waals surface area (Å²) in [5.41, 5.74) is 0.184. The number of pyridine rings is 1. The van der Waals surface area contributed by atoms with Gasteiger partial charge in [0.05, 0.1) is 13.0 Å². The summed E-state index contributed by atoms with van der Waals surface area (Å²) in [6.45, 7) is 2.54. The molecule has 1 aliphatic rings. The van der Waals surface area contributed by atoms with Crippen LogP contribution in [0, 0.1) is 0 Å². The molecule has 3 rings (SSSR count). The number of amides is 1. The van der Waals surface area contributed by atoms with E-state index in [4.69, 9.17) is 4.74 Å². The maximum absolute atomic E-state index is 12.3. The van der Waals surface area contributed by atoms with Gasteiger partial charge in [0.2, 0.25) is 5.91 Å². The fraction of sp³-hybridized carbons (Fsp3) is 0.316. The quantitative estimate of drug-likeness (QED) is 0.852. The number of hydrogen-bond acceptors (Lipinski definition) is 5. The molecule has 0 saturated carbocycles. The van der Waals surface area contributed by atoms with Gasteiger partial charge in [-0.3, -0.25) is 4.79 Å². The fourth-order valence-corrected chi connectivity index (χ4v) is 2.91. The van der Waals surface area contributed by atoms with E-state index in [1.54, 1.807) is 23.2 Å². The van der Waals surface area contributed by atoms with E-state index in [0.717, 1.165) is 5.75 Å². The van der Waals surface area contributed by atoms with Gasteiger partial charge < -0.3 is 19.6 Å². The van der Waals surface area contributed by atoms with Gasteiger partial charge in [-0.25, -0.2) is 9.78 Å². The Labute approximate surface area is 151 Å². The maximum Gasteiger partial charge on any atom is 0.339 e. The molecule has 1 aromatic heterocycles. The number of nitrogens with zero attached hydrogens (tertiary/aromatic N) is 3. The highest BCUT2D eigenvalue weighted by Gasteiger charge is 2.24. The first-order valence-corrected chi connectivity index (χ1v) is 8.54. The highest BCUT2D eigenvalue weighted by Crippen LogP contribution is 2.19. The Morgan fingerprint density at radius 3 is 2.46 bits per heavy atom. The number of ether oxygens (including phenoxy) is 1. The number of hydrogen-bond donors (Lipinski definition) is 1. The maximum atomic E-state index is 12.3. The van der Waals surface area contributed by atoms with E-state index in [1.807, 2.05) is 35.2 Å². The summed E-state index contributed by atoms with van der Waals surface area (Å²) in [5.74, 6) is 0.255. The Hall–Kier alpha value is -3.09. The molecule has 1 N–H and O–H groups in total. The summed E-state index contributed by atoms with van der Waals surface area (Å²) in [7, 11) is 0. The van der Waals surface area contributed by atoms with Gasteiger partial charge in [-0.15, -0.1) is 0 Å². The number of piperazine rings is 1. The molecule has 26 heavy (non-hydrogen) atoms. The number of anilines is 1. The first-order chi connectivity index (χ1) is 12.6. The van der Waals surface area contributed by atoms with Crippen LogP contribution in [0.3, 0.4) is 0 Å². The van der Waals surface area contributed by atoms with Crippen LogP contribution in [0.15, 0.2) is 48.7 Å². The van der Waals surface area contributed by atoms with Crippen LogP contribution < -0.4 is 9.64 Å². The van der Waals surface area contributed by atoms with E-state index < -0.39 is 5.97 Å². The Morgan fingerprint density at radius 1 is 1.04 bits per heavy atom. The van der Waals surface area contributed by atoms with Gasteiger partial charge in [-0.2, -0.15) is 0 Å². The second-order valence-electron chi connectivity index (χ2n) is 5.96. The van der Waals surface area contributed by atoms with Crippen molar-refractivity contribution in [2.24, 2.45) is 0 Å². The Kier molecular flexibility index (Phi) is 5.68. The average molecular weight is 355 g/mol. The van der Waals surface area contributed by atoms with E-state index >= 15 is 0 Å². The van der Waals surface area contributed by atoms with Gasteiger partial charge in [0, 0.05) is 32.4 Å². The van der Waals surface area contributed by atoms with Crippen LogP contribution in [0.2, 0.25) is 0 Å². The molecule has 0 bridgehead atoms. The second kappa shape index (κ2) is 8.33. The first kappa shape index (κ1) is 17.7. The number of rotatable bonds is 6. The molecular weight excluding hydrogens is 334 g/mol. The number of carbonyl (C=O) groups is 2. The van der Waals surface area contributed by atoms with E-state index in [1.165, 1.54) is 0 Å². The minimum Gasteiger partial charge on any atom is -0.493 e. The van der Waals surface area contributed by atoms with Crippen LogP contribution in [0.25, 0.3) is 0 Å². The topological polar surface area (TPSA) is 83.0 Å². The zero-order valence-electron chi connectivity index (χ0n) is 14.4. The summed E-state index contributed by atoms with van der Waals surface area (Å²) in [6, 6.07) is 12.6. The van der Waals surface area contributed by atoms with Crippen molar-refractivity contribution in [1.29, 1.82) is 0 Å². The molecule has 1 aromatic carbocycles. The Morgan fingerprint density at radius 2 is 1.77 bits per heavy atom. The Bertz CT molecular complexity index is 758. The molecule has 7 heteroatoms.